The number of amides is 1. The number of benzene rings is 2. The fraction of sp³-hybridized carbons (Fsp3) is 0.250. The maximum Gasteiger partial charge on any atom is 0.234 e. The molecule has 7 heteroatoms. The largest absolute Gasteiger partial charge is 0.399 e. The summed E-state index contributed by atoms with van der Waals surface area (Å²) in [4.78, 5) is 12.4. The van der Waals surface area contributed by atoms with E-state index < -0.39 is 0 Å². The Hall–Kier alpha value is -2.80. The zero-order valence-electron chi connectivity index (χ0n) is 15.7. The fourth-order valence-electron chi connectivity index (χ4n) is 2.76. The summed E-state index contributed by atoms with van der Waals surface area (Å²) in [6.45, 7) is 6.72. The van der Waals surface area contributed by atoms with Crippen LogP contribution < -0.4 is 11.1 Å². The van der Waals surface area contributed by atoms with Crippen LogP contribution in [0.1, 0.15) is 18.1 Å². The number of carbonyl (C=O) groups is 1. The van der Waals surface area contributed by atoms with Gasteiger partial charge in [0.1, 0.15) is 0 Å². The standard InChI is InChI=1S/C20H23N5OS/c1-4-25-19(15-6-5-7-16(21)11-15)23-24-20(25)27-12-18(26)22-17-10-13(2)8-9-14(17)3/h5-11H,4,12,21H2,1-3H3,(H,22,26). The molecule has 140 valence electrons. The Morgan fingerprint density at radius 1 is 1.19 bits per heavy atom. The molecule has 27 heavy (non-hydrogen) atoms. The van der Waals surface area contributed by atoms with Crippen molar-refractivity contribution in [2.24, 2.45) is 0 Å². The molecule has 0 radical (unpaired) electrons. The van der Waals surface area contributed by atoms with E-state index in [9.17, 15) is 4.79 Å². The van der Waals surface area contributed by atoms with E-state index in [0.29, 0.717) is 17.4 Å². The number of hydrogen-bond donors (Lipinski definition) is 2. The Balaban J connectivity index is 1.71. The van der Waals surface area contributed by atoms with Crippen molar-refractivity contribution in [3.05, 3.63) is 53.6 Å². The Labute approximate surface area is 163 Å². The van der Waals surface area contributed by atoms with Gasteiger partial charge in [0, 0.05) is 23.5 Å². The summed E-state index contributed by atoms with van der Waals surface area (Å²) < 4.78 is 1.99. The van der Waals surface area contributed by atoms with Crippen LogP contribution in [0.5, 0.6) is 0 Å². The number of hydrogen-bond acceptors (Lipinski definition) is 5. The van der Waals surface area contributed by atoms with Gasteiger partial charge in [0.25, 0.3) is 0 Å². The maximum absolute atomic E-state index is 12.4. The highest BCUT2D eigenvalue weighted by atomic mass is 32.2. The molecule has 0 aliphatic heterocycles. The number of nitrogens with one attached hydrogen (secondary N) is 1. The molecule has 3 N–H and O–H groups in total. The molecule has 1 amide bonds. The third-order valence-electron chi connectivity index (χ3n) is 4.18. The van der Waals surface area contributed by atoms with Crippen LogP contribution in [0.15, 0.2) is 47.6 Å². The van der Waals surface area contributed by atoms with Gasteiger partial charge in [0.2, 0.25) is 5.91 Å². The van der Waals surface area contributed by atoms with E-state index in [1.165, 1.54) is 11.8 Å². The van der Waals surface area contributed by atoms with E-state index in [1.54, 1.807) is 0 Å². The SMILES string of the molecule is CCn1c(SCC(=O)Nc2cc(C)ccc2C)nnc1-c1cccc(N)c1. The number of aryl methyl sites for hydroxylation is 2. The first-order valence-electron chi connectivity index (χ1n) is 8.77. The number of carbonyl (C=O) groups excluding carboxylic acids is 1. The molecular formula is C20H23N5OS. The highest BCUT2D eigenvalue weighted by Crippen LogP contribution is 2.25. The molecule has 2 aromatic carbocycles. The number of anilines is 2. The molecule has 0 fully saturated rings. The third-order valence-corrected chi connectivity index (χ3v) is 5.14. The predicted molar refractivity (Wildman–Crippen MR) is 111 cm³/mol. The summed E-state index contributed by atoms with van der Waals surface area (Å²) in [6.07, 6.45) is 0. The lowest BCUT2D eigenvalue weighted by atomic mass is 10.1. The summed E-state index contributed by atoms with van der Waals surface area (Å²) in [6, 6.07) is 13.6. The van der Waals surface area contributed by atoms with Crippen LogP contribution in [-0.2, 0) is 11.3 Å². The lowest BCUT2D eigenvalue weighted by Crippen LogP contribution is -2.15. The molecule has 6 nitrogen and oxygen atoms in total. The van der Waals surface area contributed by atoms with Crippen LogP contribution in [0.25, 0.3) is 11.4 Å². The summed E-state index contributed by atoms with van der Waals surface area (Å²) in [5.41, 5.74) is 10.5. The van der Waals surface area contributed by atoms with Gasteiger partial charge < -0.3 is 15.6 Å². The van der Waals surface area contributed by atoms with Gasteiger partial charge in [-0.2, -0.15) is 0 Å². The lowest BCUT2D eigenvalue weighted by Gasteiger charge is -2.10. The number of thioether (sulfide) groups is 1. The van der Waals surface area contributed by atoms with E-state index in [4.69, 9.17) is 5.73 Å². The van der Waals surface area contributed by atoms with E-state index in [0.717, 1.165) is 28.2 Å². The lowest BCUT2D eigenvalue weighted by molar-refractivity contribution is -0.113. The number of rotatable bonds is 6. The molecule has 0 aliphatic rings. The van der Waals surface area contributed by atoms with Gasteiger partial charge >= 0.3 is 0 Å². The van der Waals surface area contributed by atoms with Crippen molar-refractivity contribution in [3.8, 4) is 11.4 Å². The Morgan fingerprint density at radius 2 is 2.00 bits per heavy atom. The minimum absolute atomic E-state index is 0.0649. The van der Waals surface area contributed by atoms with Gasteiger partial charge in [0.15, 0.2) is 11.0 Å². The van der Waals surface area contributed by atoms with Crippen LogP contribution >= 0.6 is 11.8 Å². The number of nitrogens with two attached hydrogens (primary N) is 1. The molecule has 3 rings (SSSR count). The second-order valence-corrected chi connectivity index (χ2v) is 7.27. The van der Waals surface area contributed by atoms with Gasteiger partial charge in [0.05, 0.1) is 5.75 Å². The molecule has 0 saturated carbocycles. The molecule has 3 aromatic rings. The number of nitrogens with zero attached hydrogens (tertiary/aromatic N) is 3. The van der Waals surface area contributed by atoms with Crippen LogP contribution in [0.3, 0.4) is 0 Å². The fourth-order valence-corrected chi connectivity index (χ4v) is 3.56. The summed E-state index contributed by atoms with van der Waals surface area (Å²) in [5.74, 6) is 0.953. The van der Waals surface area contributed by atoms with E-state index >= 15 is 0 Å². The van der Waals surface area contributed by atoms with Gasteiger partial charge in [-0.05, 0) is 50.1 Å². The number of aromatic nitrogens is 3. The zero-order valence-corrected chi connectivity index (χ0v) is 16.5. The Bertz CT molecular complexity index is 967. The van der Waals surface area contributed by atoms with Crippen LogP contribution in [0, 0.1) is 13.8 Å². The van der Waals surface area contributed by atoms with Crippen molar-refractivity contribution in [2.75, 3.05) is 16.8 Å². The van der Waals surface area contributed by atoms with Crippen LogP contribution in [0.2, 0.25) is 0 Å². The average Bonchev–Trinajstić information content (AvgIpc) is 3.06. The van der Waals surface area contributed by atoms with Crippen molar-refractivity contribution in [1.82, 2.24) is 14.8 Å². The molecule has 0 aliphatic carbocycles. The van der Waals surface area contributed by atoms with Gasteiger partial charge in [-0.1, -0.05) is 36.0 Å². The normalized spacial score (nSPS) is 10.8. The molecule has 0 unspecified atom stereocenters. The minimum atomic E-state index is -0.0649. The van der Waals surface area contributed by atoms with Crippen molar-refractivity contribution < 1.29 is 4.79 Å². The second kappa shape index (κ2) is 8.26. The van der Waals surface area contributed by atoms with Crippen LogP contribution in [-0.4, -0.2) is 26.4 Å². The highest BCUT2D eigenvalue weighted by Gasteiger charge is 2.15. The molecule has 1 heterocycles. The van der Waals surface area contributed by atoms with Gasteiger partial charge in [-0.3, -0.25) is 4.79 Å². The Morgan fingerprint density at radius 3 is 2.74 bits per heavy atom. The average molecular weight is 382 g/mol. The van der Waals surface area contributed by atoms with Crippen molar-refractivity contribution in [1.29, 1.82) is 0 Å². The molecule has 0 spiro atoms. The summed E-state index contributed by atoms with van der Waals surface area (Å²) in [5, 5.41) is 12.2. The van der Waals surface area contributed by atoms with E-state index in [1.807, 2.05) is 67.8 Å². The first-order valence-corrected chi connectivity index (χ1v) is 9.75. The van der Waals surface area contributed by atoms with Crippen molar-refractivity contribution in [2.45, 2.75) is 32.5 Å². The third kappa shape index (κ3) is 4.49. The minimum Gasteiger partial charge on any atom is -0.399 e. The van der Waals surface area contributed by atoms with Crippen molar-refractivity contribution in [3.63, 3.8) is 0 Å². The number of nitrogen functional groups attached to an aromatic ring is 1. The molecule has 0 atom stereocenters. The molecular weight excluding hydrogens is 358 g/mol. The van der Waals surface area contributed by atoms with E-state index in [2.05, 4.69) is 15.5 Å². The van der Waals surface area contributed by atoms with Crippen molar-refractivity contribution >= 4 is 29.0 Å². The maximum atomic E-state index is 12.4. The Kier molecular flexibility index (Phi) is 5.81. The highest BCUT2D eigenvalue weighted by molar-refractivity contribution is 7.99. The summed E-state index contributed by atoms with van der Waals surface area (Å²) >= 11 is 1.37. The smallest absolute Gasteiger partial charge is 0.234 e. The topological polar surface area (TPSA) is 85.8 Å². The summed E-state index contributed by atoms with van der Waals surface area (Å²) in [7, 11) is 0. The first-order chi connectivity index (χ1) is 13.0. The zero-order chi connectivity index (χ0) is 19.4. The molecule has 0 saturated heterocycles. The monoisotopic (exact) mass is 381 g/mol. The van der Waals surface area contributed by atoms with Gasteiger partial charge in [-0.25, -0.2) is 0 Å². The second-order valence-electron chi connectivity index (χ2n) is 6.33. The molecule has 0 bridgehead atoms. The molecule has 1 aromatic heterocycles. The first kappa shape index (κ1) is 19.0. The quantitative estimate of drug-likeness (QED) is 0.500. The van der Waals surface area contributed by atoms with Crippen LogP contribution in [0.4, 0.5) is 11.4 Å². The van der Waals surface area contributed by atoms with Gasteiger partial charge in [-0.15, -0.1) is 10.2 Å². The van der Waals surface area contributed by atoms with E-state index in [-0.39, 0.29) is 11.7 Å². The predicted octanol–water partition coefficient (Wildman–Crippen LogP) is 3.89.